The Labute approximate surface area is 183 Å². The summed E-state index contributed by atoms with van der Waals surface area (Å²) in [4.78, 5) is 0. The molecule has 4 aliphatic carbocycles. The summed E-state index contributed by atoms with van der Waals surface area (Å²) >= 11 is 0. The lowest BCUT2D eigenvalue weighted by atomic mass is 9.51. The molecule has 0 aromatic carbocycles. The second-order valence-corrected chi connectivity index (χ2v) is 12.0. The molecule has 10 atom stereocenters. The first-order chi connectivity index (χ1) is 14.5. The van der Waals surface area contributed by atoms with E-state index in [2.05, 4.69) is 27.7 Å². The standard InChI is InChI=1S/C25H36O6/c1-12(2)13-7-8-22(3)9-10-23(4)15(16(13)22)6-5-14-17-19(23)31-21-25(17,29)20(27)24(28,11-30-21)18(14)26/h5,12,15,17-21,26-29H,6-11H2,1-4H3/t15-,17-,18?,19+,20?,21?,22-,23-,24?,25?/m1/s1. The molecule has 6 rings (SSSR count). The molecule has 2 saturated heterocycles. The van der Waals surface area contributed by atoms with E-state index < -0.39 is 35.6 Å². The third-order valence-corrected chi connectivity index (χ3v) is 10.2. The van der Waals surface area contributed by atoms with Crippen molar-refractivity contribution < 1.29 is 29.9 Å². The molecule has 4 N–H and O–H groups in total. The number of hydrogen-bond acceptors (Lipinski definition) is 6. The molecule has 0 aromatic rings. The fourth-order valence-corrected chi connectivity index (χ4v) is 8.38. The molecule has 172 valence electrons. The fraction of sp³-hybridized carbons (Fsp3) is 0.840. The quantitative estimate of drug-likeness (QED) is 0.474. The van der Waals surface area contributed by atoms with Crippen LogP contribution in [0.2, 0.25) is 0 Å². The Balaban J connectivity index is 1.55. The second kappa shape index (κ2) is 6.02. The molecule has 0 aromatic heterocycles. The number of fused-ring (bicyclic) bond motifs is 5. The van der Waals surface area contributed by atoms with E-state index in [1.165, 1.54) is 6.42 Å². The predicted molar refractivity (Wildman–Crippen MR) is 113 cm³/mol. The maximum absolute atomic E-state index is 11.7. The van der Waals surface area contributed by atoms with Gasteiger partial charge < -0.3 is 29.9 Å². The third-order valence-electron chi connectivity index (χ3n) is 10.2. The largest absolute Gasteiger partial charge is 0.387 e. The number of hydrogen-bond donors (Lipinski definition) is 4. The molecule has 6 nitrogen and oxygen atoms in total. The van der Waals surface area contributed by atoms with Crippen molar-refractivity contribution in [1.29, 1.82) is 0 Å². The molecular weight excluding hydrogens is 396 g/mol. The topological polar surface area (TPSA) is 99.4 Å². The molecule has 0 spiro atoms. The summed E-state index contributed by atoms with van der Waals surface area (Å²) in [6.45, 7) is 8.97. The average Bonchev–Trinajstić information content (AvgIpc) is 3.20. The van der Waals surface area contributed by atoms with Crippen molar-refractivity contribution >= 4 is 0 Å². The molecule has 2 heterocycles. The van der Waals surface area contributed by atoms with Crippen LogP contribution in [0.25, 0.3) is 0 Å². The molecular formula is C25H36O6. The zero-order chi connectivity index (χ0) is 22.1. The van der Waals surface area contributed by atoms with Crippen molar-refractivity contribution in [2.24, 2.45) is 28.6 Å². The van der Waals surface area contributed by atoms with Gasteiger partial charge in [-0.2, -0.15) is 0 Å². The highest BCUT2D eigenvalue weighted by Gasteiger charge is 2.77. The minimum Gasteiger partial charge on any atom is -0.387 e. The van der Waals surface area contributed by atoms with Crippen molar-refractivity contribution in [1.82, 2.24) is 0 Å². The van der Waals surface area contributed by atoms with E-state index in [1.54, 1.807) is 11.1 Å². The van der Waals surface area contributed by atoms with Gasteiger partial charge in [-0.3, -0.25) is 0 Å². The Kier molecular flexibility index (Phi) is 4.04. The molecule has 6 aliphatic rings. The summed E-state index contributed by atoms with van der Waals surface area (Å²) < 4.78 is 12.2. The Morgan fingerprint density at radius 2 is 1.84 bits per heavy atom. The van der Waals surface area contributed by atoms with Gasteiger partial charge in [-0.1, -0.05) is 44.9 Å². The van der Waals surface area contributed by atoms with Crippen LogP contribution in [-0.4, -0.2) is 62.8 Å². The van der Waals surface area contributed by atoms with E-state index >= 15 is 0 Å². The maximum atomic E-state index is 11.7. The second-order valence-electron chi connectivity index (χ2n) is 12.0. The molecule has 2 saturated carbocycles. The van der Waals surface area contributed by atoms with Gasteiger partial charge in [0.15, 0.2) is 11.9 Å². The van der Waals surface area contributed by atoms with Gasteiger partial charge in [-0.15, -0.1) is 0 Å². The first-order valence-corrected chi connectivity index (χ1v) is 12.0. The molecule has 0 radical (unpaired) electrons. The summed E-state index contributed by atoms with van der Waals surface area (Å²) in [7, 11) is 0. The summed E-state index contributed by atoms with van der Waals surface area (Å²) in [5, 5.41) is 45.1. The SMILES string of the molecule is CC(C)C1=C2[C@H]3CC=C4C(O)C5(O)COC6O[C@@H]([C@@H]4C6(O)C5O)[C@]3(C)CC[C@@]2(C)CC1. The maximum Gasteiger partial charge on any atom is 0.190 e. The number of rotatable bonds is 1. The van der Waals surface area contributed by atoms with Crippen molar-refractivity contribution in [2.75, 3.05) is 6.61 Å². The molecule has 4 fully saturated rings. The van der Waals surface area contributed by atoms with Gasteiger partial charge >= 0.3 is 0 Å². The molecule has 6 heteroatoms. The fourth-order valence-electron chi connectivity index (χ4n) is 8.38. The van der Waals surface area contributed by atoms with Gasteiger partial charge in [0.25, 0.3) is 0 Å². The van der Waals surface area contributed by atoms with E-state index in [-0.39, 0.29) is 29.5 Å². The highest BCUT2D eigenvalue weighted by atomic mass is 16.7. The van der Waals surface area contributed by atoms with Gasteiger partial charge in [-0.05, 0) is 54.9 Å². The van der Waals surface area contributed by atoms with Crippen molar-refractivity contribution in [2.45, 2.75) is 95.6 Å². The summed E-state index contributed by atoms with van der Waals surface area (Å²) in [5.74, 6) is 0.146. The molecule has 31 heavy (non-hydrogen) atoms. The van der Waals surface area contributed by atoms with Gasteiger partial charge in [0, 0.05) is 11.3 Å². The molecule has 2 aliphatic heterocycles. The monoisotopic (exact) mass is 432 g/mol. The normalized spacial score (nSPS) is 57.5. The van der Waals surface area contributed by atoms with Crippen LogP contribution in [0, 0.1) is 28.6 Å². The van der Waals surface area contributed by atoms with Crippen LogP contribution >= 0.6 is 0 Å². The van der Waals surface area contributed by atoms with Gasteiger partial charge in [0.2, 0.25) is 0 Å². The van der Waals surface area contributed by atoms with Gasteiger partial charge in [0.1, 0.15) is 17.8 Å². The molecule has 0 amide bonds. The molecule has 5 unspecified atom stereocenters. The Bertz CT molecular complexity index is 894. The van der Waals surface area contributed by atoms with Crippen LogP contribution in [0.4, 0.5) is 0 Å². The lowest BCUT2D eigenvalue weighted by Crippen LogP contribution is -2.77. The van der Waals surface area contributed by atoms with Gasteiger partial charge in [0.05, 0.1) is 12.7 Å². The number of allylic oxidation sites excluding steroid dienone is 3. The summed E-state index contributed by atoms with van der Waals surface area (Å²) in [6, 6.07) is 0. The number of ether oxygens (including phenoxy) is 2. The Morgan fingerprint density at radius 3 is 2.55 bits per heavy atom. The van der Waals surface area contributed by atoms with E-state index in [0.717, 1.165) is 25.7 Å². The average molecular weight is 433 g/mol. The minimum absolute atomic E-state index is 0.193. The Hall–Kier alpha value is -0.760. The lowest BCUT2D eigenvalue weighted by Gasteiger charge is -2.56. The van der Waals surface area contributed by atoms with E-state index in [1.807, 2.05) is 6.08 Å². The zero-order valence-electron chi connectivity index (χ0n) is 19.0. The number of aliphatic hydroxyl groups is 4. The number of aliphatic hydroxyl groups excluding tert-OH is 2. The first kappa shape index (κ1) is 20.8. The Morgan fingerprint density at radius 1 is 1.10 bits per heavy atom. The van der Waals surface area contributed by atoms with Crippen LogP contribution in [0.5, 0.6) is 0 Å². The predicted octanol–water partition coefficient (Wildman–Crippen LogP) is 2.05. The van der Waals surface area contributed by atoms with Crippen molar-refractivity contribution in [3.8, 4) is 0 Å². The van der Waals surface area contributed by atoms with E-state index in [9.17, 15) is 20.4 Å². The van der Waals surface area contributed by atoms with Crippen LogP contribution in [0.3, 0.4) is 0 Å². The van der Waals surface area contributed by atoms with Crippen LogP contribution in [0.15, 0.2) is 22.8 Å². The van der Waals surface area contributed by atoms with E-state index in [0.29, 0.717) is 11.5 Å². The van der Waals surface area contributed by atoms with Crippen LogP contribution < -0.4 is 0 Å². The lowest BCUT2D eigenvalue weighted by molar-refractivity contribution is -0.341. The van der Waals surface area contributed by atoms with E-state index in [4.69, 9.17) is 9.47 Å². The molecule has 2 bridgehead atoms. The van der Waals surface area contributed by atoms with Crippen LogP contribution in [0.1, 0.15) is 59.8 Å². The van der Waals surface area contributed by atoms with Gasteiger partial charge in [-0.25, -0.2) is 0 Å². The van der Waals surface area contributed by atoms with Crippen molar-refractivity contribution in [3.05, 3.63) is 22.8 Å². The highest BCUT2D eigenvalue weighted by Crippen LogP contribution is 2.68. The highest BCUT2D eigenvalue weighted by molar-refractivity contribution is 5.42. The minimum atomic E-state index is -1.92. The first-order valence-electron chi connectivity index (χ1n) is 12.0. The summed E-state index contributed by atoms with van der Waals surface area (Å²) in [5.41, 5.74) is -0.00377. The smallest absolute Gasteiger partial charge is 0.190 e. The van der Waals surface area contributed by atoms with Crippen LogP contribution in [-0.2, 0) is 9.47 Å². The third kappa shape index (κ3) is 2.20. The summed E-state index contributed by atoms with van der Waals surface area (Å²) in [6.07, 6.45) is 2.97. The van der Waals surface area contributed by atoms with Crippen molar-refractivity contribution in [3.63, 3.8) is 0 Å². The zero-order valence-corrected chi connectivity index (χ0v) is 19.0.